The molecule has 0 radical (unpaired) electrons. The number of amides is 1. The predicted octanol–water partition coefficient (Wildman–Crippen LogP) is 4.67. The molecule has 7 heteroatoms. The molecule has 2 aromatic carbocycles. The quantitative estimate of drug-likeness (QED) is 0.376. The molecule has 1 amide bonds. The first kappa shape index (κ1) is 20.4. The van der Waals surface area contributed by atoms with Crippen LogP contribution in [0.3, 0.4) is 0 Å². The Morgan fingerprint density at radius 3 is 2.58 bits per heavy atom. The second-order valence-corrected chi connectivity index (χ2v) is 7.25. The van der Waals surface area contributed by atoms with Crippen LogP contribution in [-0.2, 0) is 9.59 Å². The minimum atomic E-state index is -1.02. The summed E-state index contributed by atoms with van der Waals surface area (Å²) in [6.07, 6.45) is 1.42. The average Bonchev–Trinajstić information content (AvgIpc) is 3.37. The maximum atomic E-state index is 13.9. The van der Waals surface area contributed by atoms with E-state index < -0.39 is 29.3 Å². The zero-order chi connectivity index (χ0) is 22.3. The Hall–Kier alpha value is -3.87. The summed E-state index contributed by atoms with van der Waals surface area (Å²) in [7, 11) is 1.36. The van der Waals surface area contributed by atoms with Gasteiger partial charge in [-0.2, -0.15) is 0 Å². The van der Waals surface area contributed by atoms with E-state index in [0.717, 1.165) is 17.2 Å². The summed E-state index contributed by atoms with van der Waals surface area (Å²) in [6.45, 7) is 3.74. The molecule has 0 spiro atoms. The monoisotopic (exact) mass is 421 g/mol. The van der Waals surface area contributed by atoms with Crippen molar-refractivity contribution in [2.45, 2.75) is 19.9 Å². The number of ether oxygens (including phenoxy) is 1. The van der Waals surface area contributed by atoms with Crippen molar-refractivity contribution >= 4 is 23.1 Å². The Balaban J connectivity index is 1.99. The summed E-state index contributed by atoms with van der Waals surface area (Å²) in [5.74, 6) is -2.42. The van der Waals surface area contributed by atoms with Crippen molar-refractivity contribution in [1.29, 1.82) is 0 Å². The molecule has 1 fully saturated rings. The van der Waals surface area contributed by atoms with Crippen LogP contribution in [0.15, 0.2) is 64.8 Å². The number of aryl methyl sites for hydroxylation is 1. The van der Waals surface area contributed by atoms with Gasteiger partial charge in [0, 0.05) is 5.69 Å². The summed E-state index contributed by atoms with van der Waals surface area (Å²) in [6, 6.07) is 11.2. The largest absolute Gasteiger partial charge is 0.507 e. The Labute approximate surface area is 178 Å². The average molecular weight is 421 g/mol. The highest BCUT2D eigenvalue weighted by atomic mass is 19.1. The fraction of sp³-hybridized carbons (Fsp3) is 0.167. The molecule has 1 aliphatic heterocycles. The number of nitrogens with zero attached hydrogens (tertiary/aromatic N) is 1. The summed E-state index contributed by atoms with van der Waals surface area (Å²) in [5, 5.41) is 11.1. The minimum Gasteiger partial charge on any atom is -0.507 e. The van der Waals surface area contributed by atoms with Gasteiger partial charge in [0.05, 0.1) is 24.5 Å². The van der Waals surface area contributed by atoms with Crippen molar-refractivity contribution in [3.05, 3.63) is 88.6 Å². The van der Waals surface area contributed by atoms with Crippen molar-refractivity contribution in [3.8, 4) is 5.75 Å². The molecule has 4 rings (SSSR count). The SMILES string of the molecule is COc1ccc(F)cc1/C(O)=C1/C(=O)C(=O)N(c2cccc(C)c2C)C1c1ccco1. The van der Waals surface area contributed by atoms with Crippen LogP contribution in [0.4, 0.5) is 10.1 Å². The van der Waals surface area contributed by atoms with E-state index in [2.05, 4.69) is 0 Å². The topological polar surface area (TPSA) is 80.0 Å². The fourth-order valence-electron chi connectivity index (χ4n) is 3.80. The maximum absolute atomic E-state index is 13.9. The lowest BCUT2D eigenvalue weighted by Crippen LogP contribution is -2.30. The number of furan rings is 1. The van der Waals surface area contributed by atoms with Gasteiger partial charge >= 0.3 is 0 Å². The highest BCUT2D eigenvalue weighted by Crippen LogP contribution is 2.44. The van der Waals surface area contributed by atoms with Gasteiger partial charge in [-0.25, -0.2) is 4.39 Å². The Morgan fingerprint density at radius 2 is 1.90 bits per heavy atom. The number of carbonyl (C=O) groups excluding carboxylic acids is 2. The highest BCUT2D eigenvalue weighted by Gasteiger charge is 2.49. The zero-order valence-electron chi connectivity index (χ0n) is 17.2. The number of anilines is 1. The molecule has 2 heterocycles. The van der Waals surface area contributed by atoms with E-state index in [9.17, 15) is 19.1 Å². The number of hydrogen-bond acceptors (Lipinski definition) is 5. The summed E-state index contributed by atoms with van der Waals surface area (Å²) >= 11 is 0. The van der Waals surface area contributed by atoms with Crippen LogP contribution >= 0.6 is 0 Å². The summed E-state index contributed by atoms with van der Waals surface area (Å²) in [5.41, 5.74) is 2.03. The second-order valence-electron chi connectivity index (χ2n) is 7.25. The number of hydrogen-bond donors (Lipinski definition) is 1. The zero-order valence-corrected chi connectivity index (χ0v) is 17.2. The molecule has 31 heavy (non-hydrogen) atoms. The molecule has 1 aliphatic rings. The number of methoxy groups -OCH3 is 1. The van der Waals surface area contributed by atoms with Crippen LogP contribution in [0, 0.1) is 19.7 Å². The van der Waals surface area contributed by atoms with Crippen molar-refractivity contribution in [2.24, 2.45) is 0 Å². The Bertz CT molecular complexity index is 1210. The lowest BCUT2D eigenvalue weighted by molar-refractivity contribution is -0.132. The first-order chi connectivity index (χ1) is 14.8. The first-order valence-electron chi connectivity index (χ1n) is 9.59. The number of halogens is 1. The number of benzene rings is 2. The third kappa shape index (κ3) is 3.28. The smallest absolute Gasteiger partial charge is 0.300 e. The number of aliphatic hydroxyl groups excluding tert-OH is 1. The van der Waals surface area contributed by atoms with Gasteiger partial charge in [0.25, 0.3) is 11.7 Å². The predicted molar refractivity (Wildman–Crippen MR) is 112 cm³/mol. The van der Waals surface area contributed by atoms with E-state index in [1.165, 1.54) is 30.4 Å². The van der Waals surface area contributed by atoms with Crippen molar-refractivity contribution < 1.29 is 28.2 Å². The van der Waals surface area contributed by atoms with Gasteiger partial charge in [-0.1, -0.05) is 12.1 Å². The van der Waals surface area contributed by atoms with Crippen molar-refractivity contribution in [2.75, 3.05) is 12.0 Å². The molecule has 0 bridgehead atoms. The van der Waals surface area contributed by atoms with Crippen molar-refractivity contribution in [3.63, 3.8) is 0 Å². The summed E-state index contributed by atoms with van der Waals surface area (Å²) < 4.78 is 24.7. The first-order valence-corrected chi connectivity index (χ1v) is 9.59. The third-order valence-electron chi connectivity index (χ3n) is 5.51. The molecule has 0 aliphatic carbocycles. The molecule has 1 unspecified atom stereocenters. The number of carbonyl (C=O) groups is 2. The van der Waals surface area contributed by atoms with Gasteiger partial charge in [0.15, 0.2) is 0 Å². The molecule has 158 valence electrons. The molecule has 0 saturated carbocycles. The van der Waals surface area contributed by atoms with E-state index in [4.69, 9.17) is 9.15 Å². The Morgan fingerprint density at radius 1 is 1.13 bits per heavy atom. The molecule has 1 aromatic heterocycles. The van der Waals surface area contributed by atoms with Gasteiger partial charge in [-0.15, -0.1) is 0 Å². The Kier molecular flexibility index (Phi) is 5.10. The number of ketones is 1. The molecular formula is C24H20FNO5. The molecule has 1 saturated heterocycles. The van der Waals surface area contributed by atoms with Gasteiger partial charge < -0.3 is 14.3 Å². The molecule has 1 N–H and O–H groups in total. The molecular weight excluding hydrogens is 401 g/mol. The van der Waals surface area contributed by atoms with Crippen LogP contribution in [0.25, 0.3) is 5.76 Å². The van der Waals surface area contributed by atoms with E-state index >= 15 is 0 Å². The van der Waals surface area contributed by atoms with Crippen LogP contribution in [-0.4, -0.2) is 23.9 Å². The van der Waals surface area contributed by atoms with Crippen molar-refractivity contribution in [1.82, 2.24) is 0 Å². The normalized spacial score (nSPS) is 17.9. The molecule has 3 aromatic rings. The highest BCUT2D eigenvalue weighted by molar-refractivity contribution is 6.51. The van der Waals surface area contributed by atoms with Crippen LogP contribution in [0.2, 0.25) is 0 Å². The van der Waals surface area contributed by atoms with Crippen LogP contribution in [0.5, 0.6) is 5.75 Å². The van der Waals surface area contributed by atoms with E-state index in [0.29, 0.717) is 5.69 Å². The number of rotatable bonds is 4. The van der Waals surface area contributed by atoms with Crippen LogP contribution in [0.1, 0.15) is 28.5 Å². The second kappa shape index (κ2) is 7.75. The van der Waals surface area contributed by atoms with E-state index in [1.54, 1.807) is 24.3 Å². The van der Waals surface area contributed by atoms with Gasteiger partial charge in [0.2, 0.25) is 0 Å². The summed E-state index contributed by atoms with van der Waals surface area (Å²) in [4.78, 5) is 27.5. The standard InChI is InChI=1S/C24H20FNO5/c1-13-6-4-7-17(14(13)2)26-21(19-8-5-11-31-19)20(23(28)24(26)29)22(27)16-12-15(25)9-10-18(16)30-3/h4-12,21,27H,1-3H3/b22-20-. The minimum absolute atomic E-state index is 0.0296. The lowest BCUT2D eigenvalue weighted by atomic mass is 9.98. The lowest BCUT2D eigenvalue weighted by Gasteiger charge is -2.25. The maximum Gasteiger partial charge on any atom is 0.300 e. The number of aliphatic hydroxyl groups is 1. The van der Waals surface area contributed by atoms with Gasteiger partial charge in [-0.05, 0) is 61.4 Å². The van der Waals surface area contributed by atoms with Gasteiger partial charge in [-0.3, -0.25) is 14.5 Å². The number of Topliss-reactive ketones (excluding diaryl/α,β-unsaturated/α-hetero) is 1. The fourth-order valence-corrected chi connectivity index (χ4v) is 3.80. The molecule has 6 nitrogen and oxygen atoms in total. The third-order valence-corrected chi connectivity index (χ3v) is 5.51. The van der Waals surface area contributed by atoms with E-state index in [-0.39, 0.29) is 22.6 Å². The van der Waals surface area contributed by atoms with E-state index in [1.807, 2.05) is 19.9 Å². The van der Waals surface area contributed by atoms with Gasteiger partial charge in [0.1, 0.15) is 29.1 Å². The van der Waals surface area contributed by atoms with Crippen LogP contribution < -0.4 is 9.64 Å². The molecule has 1 atom stereocenters.